The van der Waals surface area contributed by atoms with Gasteiger partial charge in [-0.05, 0) is 43.5 Å². The summed E-state index contributed by atoms with van der Waals surface area (Å²) in [4.78, 5) is 10.8. The summed E-state index contributed by atoms with van der Waals surface area (Å²) in [7, 11) is -3.94. The van der Waals surface area contributed by atoms with Crippen LogP contribution in [0.5, 0.6) is 0 Å². The van der Waals surface area contributed by atoms with E-state index in [9.17, 15) is 26.4 Å². The fourth-order valence-corrected chi connectivity index (χ4v) is 3.96. The molecule has 0 radical (unpaired) electrons. The molecule has 0 heterocycles. The van der Waals surface area contributed by atoms with Crippen molar-refractivity contribution in [3.63, 3.8) is 0 Å². The quantitative estimate of drug-likeness (QED) is 0.872. The zero-order chi connectivity index (χ0) is 17.3. The molecule has 1 aliphatic rings. The number of nitrogens with one attached hydrogen (secondary N) is 1. The molecule has 5 nitrogen and oxygen atoms in total. The Kier molecular flexibility index (Phi) is 5.00. The molecule has 0 aliphatic heterocycles. The molecule has 0 unspecified atom stereocenters. The number of primary amides is 1. The van der Waals surface area contributed by atoms with E-state index in [4.69, 9.17) is 5.73 Å². The van der Waals surface area contributed by atoms with Crippen LogP contribution in [0.4, 0.5) is 13.2 Å². The van der Waals surface area contributed by atoms with Gasteiger partial charge < -0.3 is 5.73 Å². The summed E-state index contributed by atoms with van der Waals surface area (Å²) in [5.41, 5.74) is 5.22. The molecule has 9 heteroatoms. The van der Waals surface area contributed by atoms with Gasteiger partial charge in [0.25, 0.3) is 0 Å². The third kappa shape index (κ3) is 4.44. The van der Waals surface area contributed by atoms with Crippen LogP contribution >= 0.6 is 0 Å². The van der Waals surface area contributed by atoms with Crippen molar-refractivity contribution in [3.05, 3.63) is 29.8 Å². The van der Waals surface area contributed by atoms with Crippen molar-refractivity contribution in [2.24, 2.45) is 11.7 Å². The van der Waals surface area contributed by atoms with Crippen LogP contribution in [0.15, 0.2) is 29.2 Å². The smallest absolute Gasteiger partial charge is 0.366 e. The number of nitrogens with two attached hydrogens (primary N) is 1. The van der Waals surface area contributed by atoms with Gasteiger partial charge in [-0.15, -0.1) is 0 Å². The van der Waals surface area contributed by atoms with Gasteiger partial charge in [-0.3, -0.25) is 4.79 Å². The molecule has 0 bridgehead atoms. The van der Waals surface area contributed by atoms with Crippen LogP contribution in [0.1, 0.15) is 36.0 Å². The molecule has 23 heavy (non-hydrogen) atoms. The van der Waals surface area contributed by atoms with Crippen LogP contribution in [0, 0.1) is 5.92 Å². The molecule has 1 saturated carbocycles. The predicted octanol–water partition coefficient (Wildman–Crippen LogP) is 2.18. The second-order valence-electron chi connectivity index (χ2n) is 5.61. The normalized spacial score (nSPS) is 22.7. The van der Waals surface area contributed by atoms with Gasteiger partial charge in [-0.25, -0.2) is 13.1 Å². The van der Waals surface area contributed by atoms with Crippen LogP contribution in [0.3, 0.4) is 0 Å². The van der Waals surface area contributed by atoms with Gasteiger partial charge in [0.15, 0.2) is 0 Å². The van der Waals surface area contributed by atoms with Gasteiger partial charge in [-0.2, -0.15) is 13.2 Å². The molecular formula is C14H17F3N2O3S. The van der Waals surface area contributed by atoms with E-state index in [1.54, 1.807) is 0 Å². The molecule has 2 atom stereocenters. The average Bonchev–Trinajstić information content (AvgIpc) is 2.46. The van der Waals surface area contributed by atoms with Crippen LogP contribution in [0.25, 0.3) is 0 Å². The highest BCUT2D eigenvalue weighted by molar-refractivity contribution is 7.89. The van der Waals surface area contributed by atoms with Gasteiger partial charge >= 0.3 is 6.18 Å². The lowest BCUT2D eigenvalue weighted by molar-refractivity contribution is -0.183. The number of amides is 1. The van der Waals surface area contributed by atoms with Crippen molar-refractivity contribution in [1.29, 1.82) is 0 Å². The highest BCUT2D eigenvalue weighted by Crippen LogP contribution is 2.37. The Morgan fingerprint density at radius 1 is 1.17 bits per heavy atom. The first kappa shape index (κ1) is 17.7. The molecular weight excluding hydrogens is 333 g/mol. The first-order chi connectivity index (χ1) is 10.6. The maximum atomic E-state index is 12.8. The Hall–Kier alpha value is -1.61. The van der Waals surface area contributed by atoms with E-state index in [2.05, 4.69) is 4.72 Å². The zero-order valence-electron chi connectivity index (χ0n) is 12.1. The summed E-state index contributed by atoms with van der Waals surface area (Å²) >= 11 is 0. The zero-order valence-corrected chi connectivity index (χ0v) is 13.0. The lowest BCUT2D eigenvalue weighted by Gasteiger charge is -2.30. The minimum absolute atomic E-state index is 0.0229. The lowest BCUT2D eigenvalue weighted by Crippen LogP contribution is -2.41. The van der Waals surface area contributed by atoms with Crippen molar-refractivity contribution >= 4 is 15.9 Å². The van der Waals surface area contributed by atoms with E-state index >= 15 is 0 Å². The molecule has 1 aliphatic carbocycles. The Balaban J connectivity index is 2.10. The van der Waals surface area contributed by atoms with E-state index in [0.29, 0.717) is 12.8 Å². The summed E-state index contributed by atoms with van der Waals surface area (Å²) in [6, 6.07) is 4.17. The molecule has 3 N–H and O–H groups in total. The second-order valence-corrected chi connectivity index (χ2v) is 7.33. The highest BCUT2D eigenvalue weighted by atomic mass is 32.2. The first-order valence-corrected chi connectivity index (χ1v) is 8.57. The van der Waals surface area contributed by atoms with Crippen molar-refractivity contribution in [2.45, 2.75) is 42.8 Å². The number of alkyl halides is 3. The van der Waals surface area contributed by atoms with E-state index < -0.39 is 34.1 Å². The molecule has 1 fully saturated rings. The topological polar surface area (TPSA) is 89.3 Å². The number of sulfonamides is 1. The molecule has 2 rings (SSSR count). The number of halogens is 3. The largest absolute Gasteiger partial charge is 0.391 e. The molecule has 0 saturated heterocycles. The molecule has 1 amide bonds. The maximum Gasteiger partial charge on any atom is 0.391 e. The van der Waals surface area contributed by atoms with E-state index in [-0.39, 0.29) is 23.3 Å². The second kappa shape index (κ2) is 6.48. The van der Waals surface area contributed by atoms with Gasteiger partial charge in [0.1, 0.15) is 0 Å². The van der Waals surface area contributed by atoms with Crippen LogP contribution < -0.4 is 10.5 Å². The van der Waals surface area contributed by atoms with Crippen LogP contribution in [-0.2, 0) is 10.0 Å². The number of hydrogen-bond acceptors (Lipinski definition) is 3. The Morgan fingerprint density at radius 2 is 1.78 bits per heavy atom. The third-order valence-electron chi connectivity index (χ3n) is 3.91. The fraction of sp³-hybridized carbons (Fsp3) is 0.500. The standard InChI is InChI=1S/C14H17F3N2O3S/c15-14(16,17)10-2-1-3-11(8-10)19-23(21,22)12-6-4-9(5-7-12)13(18)20/h4-7,10-11,19H,1-3,8H2,(H2,18,20)/t10-,11-/m0/s1. The summed E-state index contributed by atoms with van der Waals surface area (Å²) in [6.07, 6.45) is -3.87. The van der Waals surface area contributed by atoms with Crippen LogP contribution in [0.2, 0.25) is 0 Å². The number of hydrogen-bond donors (Lipinski definition) is 2. The monoisotopic (exact) mass is 350 g/mol. The number of benzene rings is 1. The summed E-state index contributed by atoms with van der Waals surface area (Å²) < 4.78 is 65.1. The highest BCUT2D eigenvalue weighted by Gasteiger charge is 2.42. The third-order valence-corrected chi connectivity index (χ3v) is 5.44. The van der Waals surface area contributed by atoms with E-state index in [0.717, 1.165) is 0 Å². The summed E-state index contributed by atoms with van der Waals surface area (Å²) in [6.45, 7) is 0. The van der Waals surface area contributed by atoms with Crippen molar-refractivity contribution < 1.29 is 26.4 Å². The lowest BCUT2D eigenvalue weighted by atomic mass is 9.86. The minimum Gasteiger partial charge on any atom is -0.366 e. The predicted molar refractivity (Wildman–Crippen MR) is 77.1 cm³/mol. The van der Waals surface area contributed by atoms with Crippen LogP contribution in [-0.4, -0.2) is 26.5 Å². The number of carbonyl (C=O) groups excluding carboxylic acids is 1. The molecule has 0 spiro atoms. The molecule has 0 aromatic heterocycles. The number of carbonyl (C=O) groups is 1. The van der Waals surface area contributed by atoms with Crippen molar-refractivity contribution in [3.8, 4) is 0 Å². The maximum absolute atomic E-state index is 12.8. The van der Waals surface area contributed by atoms with Crippen molar-refractivity contribution in [2.75, 3.05) is 0 Å². The molecule has 1 aromatic carbocycles. The van der Waals surface area contributed by atoms with Crippen molar-refractivity contribution in [1.82, 2.24) is 4.72 Å². The summed E-state index contributed by atoms with van der Waals surface area (Å²) in [5.74, 6) is -2.18. The molecule has 128 valence electrons. The number of rotatable bonds is 4. The first-order valence-electron chi connectivity index (χ1n) is 7.08. The fourth-order valence-electron chi connectivity index (χ4n) is 2.68. The van der Waals surface area contributed by atoms with Gasteiger partial charge in [0, 0.05) is 11.6 Å². The Morgan fingerprint density at radius 3 is 2.30 bits per heavy atom. The average molecular weight is 350 g/mol. The Labute approximate surface area is 132 Å². The van der Waals surface area contributed by atoms with E-state index in [1.807, 2.05) is 0 Å². The Bertz CT molecular complexity index is 672. The van der Waals surface area contributed by atoms with Gasteiger partial charge in [-0.1, -0.05) is 6.42 Å². The minimum atomic E-state index is -4.31. The van der Waals surface area contributed by atoms with Gasteiger partial charge in [0.2, 0.25) is 15.9 Å². The van der Waals surface area contributed by atoms with Gasteiger partial charge in [0.05, 0.1) is 10.8 Å². The summed E-state index contributed by atoms with van der Waals surface area (Å²) in [5, 5.41) is 0. The SMILES string of the molecule is NC(=O)c1ccc(S(=O)(=O)N[C@H]2CCC[C@H](C(F)(F)F)C2)cc1. The molecule has 1 aromatic rings. The van der Waals surface area contributed by atoms with E-state index in [1.165, 1.54) is 24.3 Å².